The maximum atomic E-state index is 12.0. The minimum absolute atomic E-state index is 0.264. The van der Waals surface area contributed by atoms with E-state index in [1.54, 1.807) is 0 Å². The molecule has 0 unspecified atom stereocenters. The Morgan fingerprint density at radius 2 is 1.12 bits per heavy atom. The molecule has 2 aromatic rings. The van der Waals surface area contributed by atoms with Crippen LogP contribution in [0, 0.1) is 0 Å². The van der Waals surface area contributed by atoms with Crippen LogP contribution in [0.15, 0.2) is 60.7 Å². The molecule has 0 N–H and O–H groups in total. The fourth-order valence-corrected chi connectivity index (χ4v) is 1.32. The zero-order chi connectivity index (χ0) is 12.7. The van der Waals surface area contributed by atoms with Gasteiger partial charge in [-0.25, -0.2) is 0 Å². The van der Waals surface area contributed by atoms with Crippen molar-refractivity contribution in [1.29, 1.82) is 0 Å². The highest BCUT2D eigenvalue weighted by Gasteiger charge is 2.32. The Bertz CT molecular complexity index is 411. The molecule has 17 heavy (non-hydrogen) atoms. The van der Waals surface area contributed by atoms with Gasteiger partial charge < -0.3 is 0 Å². The van der Waals surface area contributed by atoms with Gasteiger partial charge in [0.25, 0.3) is 0 Å². The minimum Gasteiger partial charge on any atom is -0.166 e. The molecule has 0 radical (unpaired) electrons. The highest BCUT2D eigenvalue weighted by atomic mass is 35.5. The predicted molar refractivity (Wildman–Crippen MR) is 62.9 cm³/mol. The highest BCUT2D eigenvalue weighted by molar-refractivity contribution is 6.31. The van der Waals surface area contributed by atoms with E-state index in [0.29, 0.717) is 0 Å². The SMILES string of the molecule is FC(F)(F)c1ccccc1Cl.c1ccccc1. The molecule has 2 aromatic carbocycles. The largest absolute Gasteiger partial charge is 0.417 e. The molecule has 90 valence electrons. The number of halogens is 4. The third-order valence-corrected chi connectivity index (χ3v) is 2.18. The average molecular weight is 259 g/mol. The molecule has 0 spiro atoms. The lowest BCUT2D eigenvalue weighted by Crippen LogP contribution is -2.04. The Labute approximate surface area is 103 Å². The standard InChI is InChI=1S/C7H4ClF3.C6H6/c8-6-4-2-1-3-5(6)7(9,10)11;1-2-4-6-5-3-1/h1-4H;1-6H. The zero-order valence-corrected chi connectivity index (χ0v) is 9.54. The van der Waals surface area contributed by atoms with E-state index >= 15 is 0 Å². The van der Waals surface area contributed by atoms with E-state index in [0.717, 1.165) is 6.07 Å². The van der Waals surface area contributed by atoms with Crippen molar-refractivity contribution in [1.82, 2.24) is 0 Å². The number of hydrogen-bond donors (Lipinski definition) is 0. The summed E-state index contributed by atoms with van der Waals surface area (Å²) in [6, 6.07) is 16.9. The fraction of sp³-hybridized carbons (Fsp3) is 0.0769. The summed E-state index contributed by atoms with van der Waals surface area (Å²) in [5.41, 5.74) is -0.790. The van der Waals surface area contributed by atoms with Crippen LogP contribution >= 0.6 is 11.6 Å². The Morgan fingerprint density at radius 1 is 0.706 bits per heavy atom. The highest BCUT2D eigenvalue weighted by Crippen LogP contribution is 2.33. The van der Waals surface area contributed by atoms with Crippen molar-refractivity contribution in [2.75, 3.05) is 0 Å². The minimum atomic E-state index is -4.35. The van der Waals surface area contributed by atoms with Crippen LogP contribution in [0.3, 0.4) is 0 Å². The molecule has 0 saturated heterocycles. The van der Waals surface area contributed by atoms with Crippen molar-refractivity contribution in [2.45, 2.75) is 6.18 Å². The van der Waals surface area contributed by atoms with Gasteiger partial charge in [0.2, 0.25) is 0 Å². The van der Waals surface area contributed by atoms with E-state index in [2.05, 4.69) is 0 Å². The molecule has 0 aliphatic heterocycles. The number of alkyl halides is 3. The van der Waals surface area contributed by atoms with Crippen molar-refractivity contribution in [3.05, 3.63) is 71.2 Å². The Morgan fingerprint density at radius 3 is 1.41 bits per heavy atom. The van der Waals surface area contributed by atoms with Crippen LogP contribution in [0.2, 0.25) is 5.02 Å². The first-order valence-corrected chi connectivity index (χ1v) is 5.21. The molecule has 0 aliphatic carbocycles. The summed E-state index contributed by atoms with van der Waals surface area (Å²) in [7, 11) is 0. The van der Waals surface area contributed by atoms with Crippen molar-refractivity contribution in [3.8, 4) is 0 Å². The Kier molecular flexibility index (Phi) is 5.04. The van der Waals surface area contributed by atoms with E-state index in [1.807, 2.05) is 36.4 Å². The lowest BCUT2D eigenvalue weighted by atomic mass is 10.2. The molecule has 0 saturated carbocycles. The third kappa shape index (κ3) is 4.91. The van der Waals surface area contributed by atoms with Crippen molar-refractivity contribution >= 4 is 11.6 Å². The summed E-state index contributed by atoms with van der Waals surface area (Å²) in [4.78, 5) is 0. The van der Waals surface area contributed by atoms with Crippen LogP contribution in [-0.2, 0) is 6.18 Å². The summed E-state index contributed by atoms with van der Waals surface area (Å²) >= 11 is 5.29. The molecule has 0 aromatic heterocycles. The van der Waals surface area contributed by atoms with Gasteiger partial charge in [-0.05, 0) is 12.1 Å². The van der Waals surface area contributed by atoms with Gasteiger partial charge in [0.15, 0.2) is 0 Å². The summed E-state index contributed by atoms with van der Waals surface area (Å²) in [6.07, 6.45) is -4.35. The van der Waals surface area contributed by atoms with Gasteiger partial charge in [-0.1, -0.05) is 60.1 Å². The van der Waals surface area contributed by atoms with Gasteiger partial charge in [-0.15, -0.1) is 0 Å². The molecule has 0 bridgehead atoms. The van der Waals surface area contributed by atoms with Crippen LogP contribution in [0.25, 0.3) is 0 Å². The second-order valence-corrected chi connectivity index (χ2v) is 3.54. The van der Waals surface area contributed by atoms with E-state index in [-0.39, 0.29) is 5.02 Å². The molecule has 0 atom stereocenters. The fourth-order valence-electron chi connectivity index (χ4n) is 1.08. The Hall–Kier alpha value is -1.48. The average Bonchev–Trinajstić information content (AvgIpc) is 2.31. The maximum absolute atomic E-state index is 12.0. The second-order valence-electron chi connectivity index (χ2n) is 3.13. The van der Waals surface area contributed by atoms with E-state index in [1.165, 1.54) is 18.2 Å². The van der Waals surface area contributed by atoms with Gasteiger partial charge in [0.05, 0.1) is 10.6 Å². The molecule has 0 heterocycles. The normalized spacial score (nSPS) is 10.4. The number of benzene rings is 2. The summed E-state index contributed by atoms with van der Waals surface area (Å²) < 4.78 is 35.9. The second kappa shape index (κ2) is 6.30. The smallest absolute Gasteiger partial charge is 0.166 e. The number of hydrogen-bond acceptors (Lipinski definition) is 0. The molecule has 2 rings (SSSR count). The van der Waals surface area contributed by atoms with Gasteiger partial charge in [0, 0.05) is 0 Å². The molecule has 0 aliphatic rings. The quantitative estimate of drug-likeness (QED) is 0.621. The summed E-state index contributed by atoms with van der Waals surface area (Å²) in [5.74, 6) is 0. The Balaban J connectivity index is 0.000000202. The van der Waals surface area contributed by atoms with Gasteiger partial charge in [-0.2, -0.15) is 13.2 Å². The molecule has 0 amide bonds. The first-order chi connectivity index (χ1) is 8.02. The molecule has 4 heteroatoms. The molecule has 0 fully saturated rings. The topological polar surface area (TPSA) is 0 Å². The predicted octanol–water partition coefficient (Wildman–Crippen LogP) is 5.05. The van der Waals surface area contributed by atoms with Crippen LogP contribution in [0.1, 0.15) is 5.56 Å². The zero-order valence-electron chi connectivity index (χ0n) is 8.79. The van der Waals surface area contributed by atoms with E-state index in [4.69, 9.17) is 11.6 Å². The maximum Gasteiger partial charge on any atom is 0.417 e. The van der Waals surface area contributed by atoms with Gasteiger partial charge in [-0.3, -0.25) is 0 Å². The van der Waals surface area contributed by atoms with Gasteiger partial charge >= 0.3 is 6.18 Å². The first kappa shape index (κ1) is 13.6. The monoisotopic (exact) mass is 258 g/mol. The first-order valence-electron chi connectivity index (χ1n) is 4.83. The lowest BCUT2D eigenvalue weighted by Gasteiger charge is -2.06. The summed E-state index contributed by atoms with van der Waals surface area (Å²) in [5, 5.41) is -0.264. The molecule has 0 nitrogen and oxygen atoms in total. The third-order valence-electron chi connectivity index (χ3n) is 1.85. The van der Waals surface area contributed by atoms with Crippen molar-refractivity contribution in [3.63, 3.8) is 0 Å². The van der Waals surface area contributed by atoms with Crippen molar-refractivity contribution in [2.24, 2.45) is 0 Å². The van der Waals surface area contributed by atoms with Crippen molar-refractivity contribution < 1.29 is 13.2 Å². The summed E-state index contributed by atoms with van der Waals surface area (Å²) in [6.45, 7) is 0. The van der Waals surface area contributed by atoms with E-state index in [9.17, 15) is 13.2 Å². The van der Waals surface area contributed by atoms with Crippen LogP contribution < -0.4 is 0 Å². The van der Waals surface area contributed by atoms with Crippen LogP contribution in [0.5, 0.6) is 0 Å². The molecular formula is C13H10ClF3. The van der Waals surface area contributed by atoms with Crippen LogP contribution in [0.4, 0.5) is 13.2 Å². The van der Waals surface area contributed by atoms with Crippen LogP contribution in [-0.4, -0.2) is 0 Å². The molecular weight excluding hydrogens is 249 g/mol. The number of rotatable bonds is 0. The van der Waals surface area contributed by atoms with Gasteiger partial charge in [0.1, 0.15) is 0 Å². The van der Waals surface area contributed by atoms with E-state index < -0.39 is 11.7 Å². The lowest BCUT2D eigenvalue weighted by molar-refractivity contribution is -0.137.